The van der Waals surface area contributed by atoms with Crippen molar-refractivity contribution in [2.75, 3.05) is 18.5 Å². The number of para-hydroxylation sites is 1. The Morgan fingerprint density at radius 2 is 2.20 bits per heavy atom. The van der Waals surface area contributed by atoms with Crippen molar-refractivity contribution in [2.24, 2.45) is 7.05 Å². The van der Waals surface area contributed by atoms with Crippen LogP contribution in [0.5, 0.6) is 0 Å². The summed E-state index contributed by atoms with van der Waals surface area (Å²) >= 11 is 0. The zero-order valence-corrected chi connectivity index (χ0v) is 11.7. The van der Waals surface area contributed by atoms with E-state index in [4.69, 9.17) is 0 Å². The zero-order chi connectivity index (χ0) is 14.1. The van der Waals surface area contributed by atoms with E-state index in [2.05, 4.69) is 16.5 Å². The molecular formula is C15H18N4O. The molecule has 0 fully saturated rings. The Morgan fingerprint density at radius 3 is 2.90 bits per heavy atom. The van der Waals surface area contributed by atoms with Crippen LogP contribution in [0.4, 0.5) is 5.69 Å². The summed E-state index contributed by atoms with van der Waals surface area (Å²) in [5.41, 5.74) is 2.80. The molecule has 104 valence electrons. The van der Waals surface area contributed by atoms with Crippen molar-refractivity contribution < 1.29 is 4.79 Å². The first-order valence-corrected chi connectivity index (χ1v) is 6.77. The number of aromatic nitrogens is 2. The van der Waals surface area contributed by atoms with Crippen molar-refractivity contribution in [3.8, 4) is 0 Å². The molecule has 0 spiro atoms. The number of aryl methyl sites for hydroxylation is 1. The fraction of sp³-hybridized carbons (Fsp3) is 0.333. The third kappa shape index (κ3) is 2.10. The Labute approximate surface area is 118 Å². The van der Waals surface area contributed by atoms with E-state index in [0.717, 1.165) is 18.7 Å². The highest BCUT2D eigenvalue weighted by Gasteiger charge is 2.28. The van der Waals surface area contributed by atoms with Gasteiger partial charge in [-0.05, 0) is 25.1 Å². The molecule has 2 heterocycles. The molecule has 0 bridgehead atoms. The van der Waals surface area contributed by atoms with Gasteiger partial charge in [0.2, 0.25) is 0 Å². The van der Waals surface area contributed by atoms with Crippen LogP contribution in [-0.2, 0) is 7.05 Å². The quantitative estimate of drug-likeness (QED) is 0.904. The number of nitrogens with one attached hydrogen (secondary N) is 1. The summed E-state index contributed by atoms with van der Waals surface area (Å²) in [5, 5.41) is 7.39. The van der Waals surface area contributed by atoms with Crippen LogP contribution in [-0.4, -0.2) is 29.3 Å². The third-order valence-corrected chi connectivity index (χ3v) is 3.79. The summed E-state index contributed by atoms with van der Waals surface area (Å²) < 4.78 is 1.65. The molecule has 3 rings (SSSR count). The Hall–Kier alpha value is -2.14. The number of anilines is 1. The maximum Gasteiger partial charge on any atom is 0.261 e. The summed E-state index contributed by atoms with van der Waals surface area (Å²) in [6.45, 7) is 0.718. The molecule has 1 aromatic carbocycles. The maximum atomic E-state index is 12.6. The van der Waals surface area contributed by atoms with Gasteiger partial charge in [0.25, 0.3) is 5.91 Å². The highest BCUT2D eigenvalue weighted by Crippen LogP contribution is 2.34. The molecule has 1 N–H and O–H groups in total. The normalized spacial score (nSPS) is 17.9. The average Bonchev–Trinajstić information content (AvgIpc) is 2.92. The number of hydrogen-bond donors (Lipinski definition) is 1. The van der Waals surface area contributed by atoms with Crippen molar-refractivity contribution in [1.82, 2.24) is 15.1 Å². The molecule has 0 saturated heterocycles. The van der Waals surface area contributed by atoms with Gasteiger partial charge in [0.15, 0.2) is 0 Å². The van der Waals surface area contributed by atoms with E-state index in [1.54, 1.807) is 17.1 Å². The van der Waals surface area contributed by atoms with Gasteiger partial charge in [-0.1, -0.05) is 18.2 Å². The number of benzene rings is 1. The predicted octanol–water partition coefficient (Wildman–Crippen LogP) is 1.73. The minimum Gasteiger partial charge on any atom is -0.313 e. The van der Waals surface area contributed by atoms with Crippen LogP contribution in [0.25, 0.3) is 0 Å². The van der Waals surface area contributed by atoms with Crippen LogP contribution in [0, 0.1) is 0 Å². The molecule has 1 unspecified atom stereocenters. The van der Waals surface area contributed by atoms with Gasteiger partial charge in [0, 0.05) is 31.5 Å². The number of hydrogen-bond acceptors (Lipinski definition) is 3. The molecule has 2 aromatic rings. The Balaban J connectivity index is 1.97. The molecular weight excluding hydrogens is 252 g/mol. The van der Waals surface area contributed by atoms with E-state index in [1.165, 1.54) is 5.56 Å². The molecule has 0 saturated carbocycles. The fourth-order valence-electron chi connectivity index (χ4n) is 2.76. The Morgan fingerprint density at radius 1 is 1.40 bits per heavy atom. The number of fused-ring (bicyclic) bond motifs is 1. The lowest BCUT2D eigenvalue weighted by atomic mass is 9.96. The average molecular weight is 270 g/mol. The molecule has 1 aromatic heterocycles. The van der Waals surface area contributed by atoms with Crippen LogP contribution in [0.3, 0.4) is 0 Å². The standard InChI is InChI=1S/C15H18N4O/c1-16-13-7-8-19(14-6-4-3-5-12(13)14)15(20)11-9-17-18(2)10-11/h3-6,9-10,13,16H,7-8H2,1-2H3. The second kappa shape index (κ2) is 5.09. The first-order chi connectivity index (χ1) is 9.70. The van der Waals surface area contributed by atoms with Gasteiger partial charge in [-0.25, -0.2) is 0 Å². The second-order valence-electron chi connectivity index (χ2n) is 5.05. The Bertz CT molecular complexity index is 634. The summed E-state index contributed by atoms with van der Waals surface area (Å²) in [4.78, 5) is 14.5. The highest BCUT2D eigenvalue weighted by atomic mass is 16.2. The van der Waals surface area contributed by atoms with Gasteiger partial charge >= 0.3 is 0 Å². The van der Waals surface area contributed by atoms with Crippen molar-refractivity contribution >= 4 is 11.6 Å². The van der Waals surface area contributed by atoms with Crippen LogP contribution in [0.15, 0.2) is 36.7 Å². The van der Waals surface area contributed by atoms with Gasteiger partial charge in [0.05, 0.1) is 11.8 Å². The van der Waals surface area contributed by atoms with E-state index < -0.39 is 0 Å². The Kier molecular flexibility index (Phi) is 3.28. The number of rotatable bonds is 2. The van der Waals surface area contributed by atoms with E-state index in [1.807, 2.05) is 37.2 Å². The predicted molar refractivity (Wildman–Crippen MR) is 77.7 cm³/mol. The maximum absolute atomic E-state index is 12.6. The highest BCUT2D eigenvalue weighted by molar-refractivity contribution is 6.06. The summed E-state index contributed by atoms with van der Waals surface area (Å²) in [6, 6.07) is 8.39. The second-order valence-corrected chi connectivity index (χ2v) is 5.05. The summed E-state index contributed by atoms with van der Waals surface area (Å²) in [5.74, 6) is 0.0140. The van der Waals surface area contributed by atoms with Gasteiger partial charge in [0.1, 0.15) is 0 Å². The summed E-state index contributed by atoms with van der Waals surface area (Å²) in [6.07, 6.45) is 4.30. The van der Waals surface area contributed by atoms with Crippen molar-refractivity contribution in [2.45, 2.75) is 12.5 Å². The van der Waals surface area contributed by atoms with Crippen molar-refractivity contribution in [1.29, 1.82) is 0 Å². The fourth-order valence-corrected chi connectivity index (χ4v) is 2.76. The van der Waals surface area contributed by atoms with E-state index in [9.17, 15) is 4.79 Å². The minimum absolute atomic E-state index is 0.0140. The van der Waals surface area contributed by atoms with Crippen molar-refractivity contribution in [3.63, 3.8) is 0 Å². The number of amides is 1. The molecule has 1 amide bonds. The monoisotopic (exact) mass is 270 g/mol. The SMILES string of the molecule is CNC1CCN(C(=O)c2cnn(C)c2)c2ccccc21. The molecule has 0 radical (unpaired) electrons. The van der Waals surface area contributed by atoms with Gasteiger partial charge < -0.3 is 10.2 Å². The molecule has 1 aliphatic rings. The first-order valence-electron chi connectivity index (χ1n) is 6.77. The lowest BCUT2D eigenvalue weighted by Crippen LogP contribution is -2.38. The van der Waals surface area contributed by atoms with Crippen LogP contribution >= 0.6 is 0 Å². The molecule has 1 aliphatic heterocycles. The molecule has 0 aliphatic carbocycles. The number of nitrogens with zero attached hydrogens (tertiary/aromatic N) is 3. The van der Waals surface area contributed by atoms with Gasteiger partial charge in [-0.3, -0.25) is 9.48 Å². The number of carbonyl (C=O) groups excluding carboxylic acids is 1. The van der Waals surface area contributed by atoms with Gasteiger partial charge in [-0.2, -0.15) is 5.10 Å². The van der Waals surface area contributed by atoms with E-state index >= 15 is 0 Å². The van der Waals surface area contributed by atoms with Crippen molar-refractivity contribution in [3.05, 3.63) is 47.8 Å². The summed E-state index contributed by atoms with van der Waals surface area (Å²) in [7, 11) is 3.78. The molecule has 20 heavy (non-hydrogen) atoms. The molecule has 5 heteroatoms. The number of carbonyl (C=O) groups is 1. The lowest BCUT2D eigenvalue weighted by Gasteiger charge is -2.34. The first kappa shape index (κ1) is 12.9. The topological polar surface area (TPSA) is 50.2 Å². The minimum atomic E-state index is 0.0140. The largest absolute Gasteiger partial charge is 0.313 e. The smallest absolute Gasteiger partial charge is 0.261 e. The van der Waals surface area contributed by atoms with E-state index in [0.29, 0.717) is 11.6 Å². The zero-order valence-electron chi connectivity index (χ0n) is 11.7. The molecule has 1 atom stereocenters. The van der Waals surface area contributed by atoms with Crippen LogP contribution in [0.1, 0.15) is 28.4 Å². The molecule has 5 nitrogen and oxygen atoms in total. The van der Waals surface area contributed by atoms with E-state index in [-0.39, 0.29) is 5.91 Å². The third-order valence-electron chi connectivity index (χ3n) is 3.79. The van der Waals surface area contributed by atoms with Gasteiger partial charge in [-0.15, -0.1) is 0 Å². The lowest BCUT2D eigenvalue weighted by molar-refractivity contribution is 0.0983. The van der Waals surface area contributed by atoms with Crippen LogP contribution in [0.2, 0.25) is 0 Å². The van der Waals surface area contributed by atoms with Crippen LogP contribution < -0.4 is 10.2 Å².